The van der Waals surface area contributed by atoms with Crippen LogP contribution >= 0.6 is 0 Å². The second-order valence-corrected chi connectivity index (χ2v) is 4.11. The first-order valence-electron chi connectivity index (χ1n) is 5.80. The molecule has 6 heteroatoms. The van der Waals surface area contributed by atoms with Crippen molar-refractivity contribution in [3.8, 4) is 0 Å². The molecule has 1 aromatic carbocycles. The number of carbonyl (C=O) groups is 2. The summed E-state index contributed by atoms with van der Waals surface area (Å²) >= 11 is 0. The van der Waals surface area contributed by atoms with Gasteiger partial charge < -0.3 is 9.84 Å². The Labute approximate surface area is 121 Å². The van der Waals surface area contributed by atoms with Crippen molar-refractivity contribution < 1.29 is 28.2 Å². The van der Waals surface area contributed by atoms with E-state index in [1.807, 2.05) is 0 Å². The molecule has 1 aromatic rings. The van der Waals surface area contributed by atoms with Crippen LogP contribution in [-0.2, 0) is 14.3 Å². The number of carboxylic acid groups (broad SMARTS) is 1. The second-order valence-electron chi connectivity index (χ2n) is 4.11. The third-order valence-corrected chi connectivity index (χ3v) is 2.07. The van der Waals surface area contributed by atoms with Crippen LogP contribution in [-0.4, -0.2) is 17.0 Å². The predicted molar refractivity (Wildman–Crippen MR) is 73.6 cm³/mol. The van der Waals surface area contributed by atoms with Gasteiger partial charge in [0.2, 0.25) is 0 Å². The van der Waals surface area contributed by atoms with Crippen molar-refractivity contribution in [1.29, 1.82) is 0 Å². The second kappa shape index (κ2) is 8.63. The van der Waals surface area contributed by atoms with Gasteiger partial charge in [-0.2, -0.15) is 4.39 Å². The molecule has 1 atom stereocenters. The molecule has 0 aliphatic carbocycles. The van der Waals surface area contributed by atoms with E-state index in [-0.39, 0.29) is 16.7 Å². The average Bonchev–Trinajstić information content (AvgIpc) is 2.39. The van der Waals surface area contributed by atoms with Crippen molar-refractivity contribution in [1.82, 2.24) is 0 Å². The van der Waals surface area contributed by atoms with Crippen molar-refractivity contribution in [3.63, 3.8) is 0 Å². The lowest BCUT2D eigenvalue weighted by Crippen LogP contribution is -2.09. The molecule has 0 heterocycles. The van der Waals surface area contributed by atoms with Gasteiger partial charge in [-0.1, -0.05) is 25.3 Å². The predicted octanol–water partition coefficient (Wildman–Crippen LogP) is 3.56. The molecule has 1 unspecified atom stereocenters. The van der Waals surface area contributed by atoms with Crippen molar-refractivity contribution >= 4 is 11.9 Å². The fourth-order valence-corrected chi connectivity index (χ4v) is 0.917. The largest absolute Gasteiger partial charge is 0.478 e. The molecule has 114 valence electrons. The first-order valence-corrected chi connectivity index (χ1v) is 5.80. The molecule has 4 nitrogen and oxygen atoms in total. The lowest BCUT2D eigenvalue weighted by atomic mass is 10.2. The van der Waals surface area contributed by atoms with E-state index >= 15 is 0 Å². The third-order valence-electron chi connectivity index (χ3n) is 2.07. The monoisotopic (exact) mass is 298 g/mol. The minimum atomic E-state index is -2.10. The number of halogens is 2. The summed E-state index contributed by atoms with van der Waals surface area (Å²) in [5.74, 6) is -2.57. The highest BCUT2D eigenvalue weighted by Crippen LogP contribution is 2.22. The summed E-state index contributed by atoms with van der Waals surface area (Å²) in [6.07, 6.45) is -2.10. The maximum absolute atomic E-state index is 13.3. The van der Waals surface area contributed by atoms with Gasteiger partial charge in [-0.25, -0.2) is 14.0 Å². The molecule has 0 aliphatic heterocycles. The number of carbonyl (C=O) groups excluding carboxylic acids is 1. The summed E-state index contributed by atoms with van der Waals surface area (Å²) < 4.78 is 30.7. The van der Waals surface area contributed by atoms with Gasteiger partial charge in [0.15, 0.2) is 0 Å². The minimum absolute atomic E-state index is 0.0639. The molecule has 1 N–H and O–H groups in total. The number of carboxylic acids is 1. The van der Waals surface area contributed by atoms with Crippen LogP contribution in [0.1, 0.15) is 25.8 Å². The lowest BCUT2D eigenvalue weighted by Gasteiger charge is -2.10. The molecular formula is C15H16F2O4. The summed E-state index contributed by atoms with van der Waals surface area (Å²) in [4.78, 5) is 20.6. The van der Waals surface area contributed by atoms with Crippen LogP contribution in [0.3, 0.4) is 0 Å². The highest BCUT2D eigenvalue weighted by Gasteiger charge is 2.18. The molecular weight excluding hydrogens is 282 g/mol. The van der Waals surface area contributed by atoms with Crippen molar-refractivity contribution in [2.24, 2.45) is 0 Å². The van der Waals surface area contributed by atoms with Crippen LogP contribution < -0.4 is 0 Å². The first-order chi connectivity index (χ1) is 9.66. The van der Waals surface area contributed by atoms with E-state index in [2.05, 4.69) is 17.9 Å². The summed E-state index contributed by atoms with van der Waals surface area (Å²) in [7, 11) is 0. The van der Waals surface area contributed by atoms with Crippen LogP contribution in [0.2, 0.25) is 0 Å². The molecule has 0 aliphatic rings. The number of esters is 1. The van der Waals surface area contributed by atoms with Gasteiger partial charge in [0.25, 0.3) is 6.36 Å². The van der Waals surface area contributed by atoms with Crippen LogP contribution in [0.4, 0.5) is 8.78 Å². The molecule has 0 spiro atoms. The Kier molecular flexibility index (Phi) is 7.60. The van der Waals surface area contributed by atoms with Crippen molar-refractivity contribution in [2.75, 3.05) is 0 Å². The molecule has 0 amide bonds. The Morgan fingerprint density at radius 3 is 2.05 bits per heavy atom. The lowest BCUT2D eigenvalue weighted by molar-refractivity contribution is -0.153. The minimum Gasteiger partial charge on any atom is -0.478 e. The van der Waals surface area contributed by atoms with Gasteiger partial charge in [0.1, 0.15) is 5.82 Å². The zero-order chi connectivity index (χ0) is 16.6. The van der Waals surface area contributed by atoms with Gasteiger partial charge in [0, 0.05) is 11.1 Å². The van der Waals surface area contributed by atoms with E-state index in [4.69, 9.17) is 5.11 Å². The Hall–Kier alpha value is -2.50. The highest BCUT2D eigenvalue weighted by atomic mass is 19.2. The van der Waals surface area contributed by atoms with Crippen LogP contribution in [0, 0.1) is 5.82 Å². The Bertz CT molecular complexity index is 540. The van der Waals surface area contributed by atoms with Crippen molar-refractivity contribution in [2.45, 2.75) is 20.2 Å². The quantitative estimate of drug-likeness (QED) is 0.682. The molecule has 0 saturated heterocycles. The first kappa shape index (κ1) is 18.5. The zero-order valence-corrected chi connectivity index (χ0v) is 11.7. The molecule has 1 rings (SSSR count). The molecule has 21 heavy (non-hydrogen) atoms. The van der Waals surface area contributed by atoms with E-state index in [0.717, 1.165) is 6.07 Å². The van der Waals surface area contributed by atoms with E-state index in [1.165, 1.54) is 32.0 Å². The van der Waals surface area contributed by atoms with Gasteiger partial charge in [-0.3, -0.25) is 0 Å². The third kappa shape index (κ3) is 7.00. The van der Waals surface area contributed by atoms with E-state index in [9.17, 15) is 18.4 Å². The SMILES string of the molecule is C=C(C)C(=O)O.C=C(C)C(=O)OC(F)c1ccccc1F. The smallest absolute Gasteiger partial charge is 0.335 e. The normalized spacial score (nSPS) is 10.7. The highest BCUT2D eigenvalue weighted by molar-refractivity contribution is 5.87. The maximum Gasteiger partial charge on any atom is 0.335 e. The van der Waals surface area contributed by atoms with Crippen LogP contribution in [0.15, 0.2) is 48.6 Å². The summed E-state index contributed by atoms with van der Waals surface area (Å²) in [5.41, 5.74) is -0.0592. The fraction of sp³-hybridized carbons (Fsp3) is 0.200. The Morgan fingerprint density at radius 2 is 1.67 bits per heavy atom. The topological polar surface area (TPSA) is 63.6 Å². The average molecular weight is 298 g/mol. The fourth-order valence-electron chi connectivity index (χ4n) is 0.917. The standard InChI is InChI=1S/C11H10F2O2.C4H6O2/c1-7(2)11(14)15-10(13)8-5-3-4-6-9(8)12;1-3(2)4(5)6/h3-6,10H,1H2,2H3;1H2,2H3,(H,5,6). The summed E-state index contributed by atoms with van der Waals surface area (Å²) in [6.45, 7) is 9.28. The van der Waals surface area contributed by atoms with Gasteiger partial charge in [-0.05, 0) is 26.0 Å². The summed E-state index contributed by atoms with van der Waals surface area (Å²) in [5, 5.41) is 7.89. The molecule has 0 bridgehead atoms. The van der Waals surface area contributed by atoms with Crippen LogP contribution in [0.25, 0.3) is 0 Å². The number of benzene rings is 1. The Morgan fingerprint density at radius 1 is 1.19 bits per heavy atom. The number of hydrogen-bond acceptors (Lipinski definition) is 3. The number of rotatable bonds is 4. The molecule has 0 radical (unpaired) electrons. The summed E-state index contributed by atoms with van der Waals surface area (Å²) in [6, 6.07) is 5.19. The van der Waals surface area contributed by atoms with Crippen molar-refractivity contribution in [3.05, 3.63) is 60.0 Å². The Balaban J connectivity index is 0.000000567. The zero-order valence-electron chi connectivity index (χ0n) is 11.7. The number of alkyl halides is 1. The van der Waals surface area contributed by atoms with E-state index in [0.29, 0.717) is 0 Å². The number of ether oxygens (including phenoxy) is 1. The van der Waals surface area contributed by atoms with Gasteiger partial charge in [0.05, 0.1) is 5.56 Å². The van der Waals surface area contributed by atoms with Gasteiger partial charge in [-0.15, -0.1) is 0 Å². The van der Waals surface area contributed by atoms with E-state index < -0.39 is 24.1 Å². The van der Waals surface area contributed by atoms with Crippen LogP contribution in [0.5, 0.6) is 0 Å². The maximum atomic E-state index is 13.3. The molecule has 0 fully saturated rings. The molecule has 0 saturated carbocycles. The molecule has 0 aromatic heterocycles. The number of hydrogen-bond donors (Lipinski definition) is 1. The number of aliphatic carboxylic acids is 1. The van der Waals surface area contributed by atoms with E-state index in [1.54, 1.807) is 0 Å². The van der Waals surface area contributed by atoms with Gasteiger partial charge >= 0.3 is 11.9 Å².